The van der Waals surface area contributed by atoms with E-state index >= 15 is 0 Å². The number of cyclic esters (lactones) is 1. The second-order valence-electron chi connectivity index (χ2n) is 31.0. The van der Waals surface area contributed by atoms with Crippen LogP contribution >= 0.6 is 0 Å². The molecule has 0 aliphatic carbocycles. The zero-order chi connectivity index (χ0) is 79.6. The number of ketones is 1. The number of hydrogen-bond acceptors (Lipinski definition) is 21. The molecule has 2 rings (SSSR count). The maximum atomic E-state index is 14.2. The predicted octanol–water partition coefficient (Wildman–Crippen LogP) is 5.88. The van der Waals surface area contributed by atoms with Crippen LogP contribution in [-0.4, -0.2) is 213 Å². The third-order valence-corrected chi connectivity index (χ3v) is 20.8. The van der Waals surface area contributed by atoms with Crippen LogP contribution in [0.25, 0.3) is 0 Å². The van der Waals surface area contributed by atoms with Gasteiger partial charge in [0.05, 0.1) is 104 Å². The molecule has 0 aromatic rings. The minimum Gasteiger partial charge on any atom is -0.480 e. The smallest absolute Gasteiger partial charge is 0.338 e. The van der Waals surface area contributed by atoms with Crippen molar-refractivity contribution in [2.24, 2.45) is 64.1 Å². The van der Waals surface area contributed by atoms with Crippen LogP contribution in [0.4, 0.5) is 0 Å². The van der Waals surface area contributed by atoms with E-state index in [1.54, 1.807) is 86.6 Å². The Bertz CT molecular complexity index is 3000. The highest BCUT2D eigenvalue weighted by molar-refractivity contribution is 5.94. The first-order chi connectivity index (χ1) is 48.2. The molecule has 2 heterocycles. The lowest BCUT2D eigenvalue weighted by atomic mass is 9.72. The lowest BCUT2D eigenvalue weighted by molar-refractivity contribution is -0.174. The van der Waals surface area contributed by atoms with Gasteiger partial charge >= 0.3 is 17.9 Å². The third-order valence-electron chi connectivity index (χ3n) is 20.8. The van der Waals surface area contributed by atoms with Crippen molar-refractivity contribution in [1.29, 1.82) is 0 Å². The number of Topliss-reactive ketones (excluding diaryl/α,β-unsaturated/α-hetero) is 1. The van der Waals surface area contributed by atoms with Crippen molar-refractivity contribution in [3.63, 3.8) is 0 Å². The SMILES string of the molecule is COC(=O)C(C)(C)C(O)C(C)C(=O)C(C)(C)C=CC(=O)NC(C(O)C(C)C)C(O)C(C)C=C(C)C(O)C(C)CCC(O)C(C)C(=O)NC(C(C)O)C1OC(=O)C(O)C(C(=O)O)NC(=O)C=CC=CCCC=CC=CCC2CC(C)CC(CC(O)C(C)C(O)C(C)=CC(C)C(O)C(C)=CCC(O)C1C)O2. The van der Waals surface area contributed by atoms with Crippen LogP contribution < -0.4 is 16.0 Å². The van der Waals surface area contributed by atoms with E-state index in [1.807, 2.05) is 24.3 Å². The normalized spacial score (nSPS) is 29.1. The highest BCUT2D eigenvalue weighted by atomic mass is 16.6. The molecular formula is C79H129N3O22. The molecule has 0 aromatic carbocycles. The topological polar surface area (TPSA) is 426 Å². The number of carboxylic acid groups (broad SMARTS) is 1. The Morgan fingerprint density at radius 2 is 1.30 bits per heavy atom. The average molecular weight is 1470 g/mol. The highest BCUT2D eigenvalue weighted by Gasteiger charge is 2.46. The van der Waals surface area contributed by atoms with E-state index in [0.29, 0.717) is 48.3 Å². The van der Waals surface area contributed by atoms with Gasteiger partial charge in [0.1, 0.15) is 11.9 Å². The first-order valence-corrected chi connectivity index (χ1v) is 36.7. The summed E-state index contributed by atoms with van der Waals surface area (Å²) in [6.45, 7) is 28.6. The molecule has 1 fully saturated rings. The number of esters is 2. The Morgan fingerprint density at radius 1 is 0.712 bits per heavy atom. The number of methoxy groups -OCH3 is 1. The monoisotopic (exact) mass is 1470 g/mol. The summed E-state index contributed by atoms with van der Waals surface area (Å²) in [6.07, 6.45) is 6.66. The van der Waals surface area contributed by atoms with Gasteiger partial charge in [-0.3, -0.25) is 24.0 Å². The summed E-state index contributed by atoms with van der Waals surface area (Å²) in [5.41, 5.74) is -1.48. The van der Waals surface area contributed by atoms with Gasteiger partial charge in [-0.15, -0.1) is 0 Å². The van der Waals surface area contributed by atoms with E-state index in [9.17, 15) is 94.8 Å². The Hall–Kier alpha value is -6.07. The first kappa shape index (κ1) is 94.0. The molecule has 0 radical (unpaired) electrons. The van der Waals surface area contributed by atoms with Crippen molar-refractivity contribution in [2.75, 3.05) is 7.11 Å². The number of ether oxygens (including phenoxy) is 3. The summed E-state index contributed by atoms with van der Waals surface area (Å²) in [5.74, 6) is -13.6. The fourth-order valence-corrected chi connectivity index (χ4v) is 13.3. The molecule has 25 unspecified atom stereocenters. The number of carbonyl (C=O) groups excluding carboxylic acids is 6. The van der Waals surface area contributed by atoms with Crippen molar-refractivity contribution in [3.05, 3.63) is 95.7 Å². The van der Waals surface area contributed by atoms with Gasteiger partial charge in [0, 0.05) is 41.1 Å². The van der Waals surface area contributed by atoms with E-state index in [4.69, 9.17) is 14.2 Å². The van der Waals surface area contributed by atoms with E-state index in [-0.39, 0.29) is 31.5 Å². The van der Waals surface area contributed by atoms with Gasteiger partial charge in [-0.1, -0.05) is 136 Å². The molecule has 25 atom stereocenters. The number of nitrogens with one attached hydrogen (secondary N) is 3. The highest BCUT2D eigenvalue weighted by Crippen LogP contribution is 2.35. The van der Waals surface area contributed by atoms with Crippen LogP contribution in [0, 0.1) is 64.1 Å². The Labute approximate surface area is 616 Å². The molecule has 15 N–H and O–H groups in total. The number of aliphatic carboxylic acids is 1. The minimum atomic E-state index is -2.59. The quantitative estimate of drug-likeness (QED) is 0.0305. The number of carboxylic acids is 1. The van der Waals surface area contributed by atoms with Gasteiger partial charge in [-0.25, -0.2) is 9.59 Å². The van der Waals surface area contributed by atoms with Crippen molar-refractivity contribution < 1.29 is 109 Å². The number of carbonyl (C=O) groups is 7. The Morgan fingerprint density at radius 3 is 1.88 bits per heavy atom. The fourth-order valence-electron chi connectivity index (χ4n) is 13.3. The van der Waals surface area contributed by atoms with Gasteiger partial charge in [-0.05, 0) is 154 Å². The van der Waals surface area contributed by atoms with Crippen LogP contribution in [0.3, 0.4) is 0 Å². The van der Waals surface area contributed by atoms with Crippen LogP contribution in [0.1, 0.15) is 182 Å². The number of aliphatic hydroxyl groups is 11. The van der Waals surface area contributed by atoms with Gasteiger partial charge in [0.25, 0.3) is 0 Å². The van der Waals surface area contributed by atoms with Crippen molar-refractivity contribution in [3.8, 4) is 0 Å². The number of hydrogen-bond donors (Lipinski definition) is 15. The van der Waals surface area contributed by atoms with Crippen molar-refractivity contribution in [1.82, 2.24) is 16.0 Å². The molecule has 1 saturated heterocycles. The van der Waals surface area contributed by atoms with Crippen LogP contribution in [-0.2, 0) is 47.8 Å². The summed E-state index contributed by atoms with van der Waals surface area (Å²) in [7, 11) is 1.17. The molecule has 0 spiro atoms. The molecule has 104 heavy (non-hydrogen) atoms. The Balaban J connectivity index is 2.46. The van der Waals surface area contributed by atoms with Crippen molar-refractivity contribution >= 4 is 41.4 Å². The lowest BCUT2D eigenvalue weighted by Crippen LogP contribution is -2.58. The largest absolute Gasteiger partial charge is 0.480 e. The van der Waals surface area contributed by atoms with Gasteiger partial charge in [0.2, 0.25) is 17.7 Å². The average Bonchev–Trinajstić information content (AvgIpc) is 0.809. The Kier molecular flexibility index (Phi) is 40.0. The fraction of sp³-hybridized carbons (Fsp3) is 0.709. The molecule has 2 bridgehead atoms. The van der Waals surface area contributed by atoms with Crippen LogP contribution in [0.2, 0.25) is 0 Å². The van der Waals surface area contributed by atoms with Gasteiger partial charge in [0.15, 0.2) is 12.1 Å². The van der Waals surface area contributed by atoms with Crippen molar-refractivity contribution in [2.45, 2.75) is 286 Å². The summed E-state index contributed by atoms with van der Waals surface area (Å²) < 4.78 is 17.0. The molecule has 2 aliphatic heterocycles. The van der Waals surface area contributed by atoms with E-state index < -0.39 is 191 Å². The molecule has 2 aliphatic rings. The summed E-state index contributed by atoms with van der Waals surface area (Å²) in [5, 5.41) is 144. The minimum absolute atomic E-state index is 0.0521. The van der Waals surface area contributed by atoms with Gasteiger partial charge in [-0.2, -0.15) is 0 Å². The maximum absolute atomic E-state index is 14.2. The van der Waals surface area contributed by atoms with Gasteiger partial charge < -0.3 is 91.4 Å². The van der Waals surface area contributed by atoms with Crippen LogP contribution in [0.15, 0.2) is 95.7 Å². The van der Waals surface area contributed by atoms with Crippen LogP contribution in [0.5, 0.6) is 0 Å². The number of fused-ring (bicyclic) bond motifs is 2. The second kappa shape index (κ2) is 44.3. The molecule has 0 saturated carbocycles. The second-order valence-corrected chi connectivity index (χ2v) is 31.0. The standard InChI is InChI=1S/C79H129N3O22/c1-42(2)65(89)63(80-61(88)35-36-78(15,16)72(95)53(13)73(96)79(17,18)77(101)102-19)69(93)49(9)40-47(7)67(91)45(5)32-34-58(85)52(12)74(97)82-62(54(14)83)71-51(11)57(84)33-31-44(4)66(90)46(6)39-48(8)68(92)50(10)59(86)41-56-38-43(3)37-55(103-56)29-27-25-23-21-20-22-24-26-28-30-60(87)81-64(75(98)99)70(94)76(100)104-71/h21,23-28,30-31,35-36,39-40,42-43,45-46,49-59,62-71,73,83-86,89-94,96H,20,22,29,32-34,37-38,41H2,1-19H3,(H,80,88)(H,81,87)(H,82,97)(H,98,99). The summed E-state index contributed by atoms with van der Waals surface area (Å²) in [6, 6.07) is -5.18. The molecule has 25 nitrogen and oxygen atoms in total. The predicted molar refractivity (Wildman–Crippen MR) is 395 cm³/mol. The number of allylic oxidation sites excluding steroid dienone is 7. The molecule has 0 aromatic heterocycles. The van der Waals surface area contributed by atoms with E-state index in [0.717, 1.165) is 25.0 Å². The zero-order valence-electron chi connectivity index (χ0n) is 64.8. The zero-order valence-corrected chi connectivity index (χ0v) is 64.8. The molecule has 592 valence electrons. The number of aliphatic hydroxyl groups excluding tert-OH is 11. The first-order valence-electron chi connectivity index (χ1n) is 36.7. The van der Waals surface area contributed by atoms with E-state index in [1.165, 1.54) is 80.7 Å². The van der Waals surface area contributed by atoms with E-state index in [2.05, 4.69) is 22.9 Å². The maximum Gasteiger partial charge on any atom is 0.338 e. The lowest BCUT2D eigenvalue weighted by Gasteiger charge is -2.37. The number of rotatable bonds is 24. The summed E-state index contributed by atoms with van der Waals surface area (Å²) >= 11 is 0. The molecule has 3 amide bonds. The summed E-state index contributed by atoms with van der Waals surface area (Å²) in [4.78, 5) is 93.4. The molecule has 25 heteroatoms. The molecular weight excluding hydrogens is 1340 g/mol. The third kappa shape index (κ3) is 29.2. The number of amides is 3.